The summed E-state index contributed by atoms with van der Waals surface area (Å²) in [5.74, 6) is 0. The molecule has 2 aromatic rings. The van der Waals surface area contributed by atoms with Gasteiger partial charge in [0.2, 0.25) is 0 Å². The van der Waals surface area contributed by atoms with Crippen LogP contribution in [0.25, 0.3) is 0 Å². The average Bonchev–Trinajstić information content (AvgIpc) is 2.90. The molecule has 0 spiro atoms. The van der Waals surface area contributed by atoms with Gasteiger partial charge in [0.1, 0.15) is 12.7 Å². The van der Waals surface area contributed by atoms with Crippen LogP contribution >= 0.6 is 35.0 Å². The minimum Gasteiger partial charge on any atom is -0.376 e. The lowest BCUT2D eigenvalue weighted by Crippen LogP contribution is -2.46. The summed E-state index contributed by atoms with van der Waals surface area (Å²) in [7, 11) is 0. The van der Waals surface area contributed by atoms with Crippen molar-refractivity contribution >= 4 is 35.0 Å². The molecule has 21 heavy (non-hydrogen) atoms. The number of thioether (sulfide) groups is 1. The highest BCUT2D eigenvalue weighted by Crippen LogP contribution is 2.47. The normalized spacial score (nSPS) is 15.0. The fourth-order valence-electron chi connectivity index (χ4n) is 1.88. The molecule has 1 heterocycles. The quantitative estimate of drug-likeness (QED) is 0.894. The number of nitrogens with zero attached hydrogens (tertiary/aromatic N) is 3. The lowest BCUT2D eigenvalue weighted by Gasteiger charge is -2.35. The Hall–Kier alpha value is -0.890. The number of halogens is 4. The molecule has 0 saturated carbocycles. The van der Waals surface area contributed by atoms with Gasteiger partial charge in [0.05, 0.1) is 6.54 Å². The van der Waals surface area contributed by atoms with Crippen molar-refractivity contribution in [3.8, 4) is 0 Å². The van der Waals surface area contributed by atoms with Gasteiger partial charge in [0.25, 0.3) is 0 Å². The molecule has 0 aliphatic rings. The standard InChI is InChI=1S/C12H11Cl2F2N3OS/c1-21-12(15,16)11(20,5-19-7-17-6-18-19)9-3-2-8(13)4-10(9)14/h2-4,6-7,20H,5H2,1H3. The maximum atomic E-state index is 14.3. The van der Waals surface area contributed by atoms with Crippen LogP contribution in [0, 0.1) is 0 Å². The SMILES string of the molecule is CSC(F)(F)C(O)(Cn1cncn1)c1ccc(Cl)cc1Cl. The third-order valence-corrected chi connectivity index (χ3v) is 4.37. The Morgan fingerprint density at radius 3 is 2.62 bits per heavy atom. The number of aromatic nitrogens is 3. The number of alkyl halides is 2. The highest BCUT2D eigenvalue weighted by Gasteiger charge is 2.55. The zero-order chi connectivity index (χ0) is 15.7. The molecule has 0 radical (unpaired) electrons. The van der Waals surface area contributed by atoms with E-state index in [4.69, 9.17) is 23.2 Å². The Morgan fingerprint density at radius 2 is 2.10 bits per heavy atom. The largest absolute Gasteiger partial charge is 0.376 e. The van der Waals surface area contributed by atoms with Gasteiger partial charge in [-0.1, -0.05) is 41.0 Å². The monoisotopic (exact) mass is 353 g/mol. The molecule has 0 fully saturated rings. The van der Waals surface area contributed by atoms with Gasteiger partial charge in [-0.15, -0.1) is 0 Å². The lowest BCUT2D eigenvalue weighted by atomic mass is 9.93. The number of aliphatic hydroxyl groups is 1. The van der Waals surface area contributed by atoms with E-state index in [2.05, 4.69) is 10.1 Å². The summed E-state index contributed by atoms with van der Waals surface area (Å²) in [5, 5.41) is 11.2. The summed E-state index contributed by atoms with van der Waals surface area (Å²) < 4.78 is 29.8. The molecule has 9 heteroatoms. The fourth-order valence-corrected chi connectivity index (χ4v) is 2.95. The zero-order valence-corrected chi connectivity index (χ0v) is 13.1. The van der Waals surface area contributed by atoms with Gasteiger partial charge in [-0.2, -0.15) is 13.9 Å². The van der Waals surface area contributed by atoms with Crippen LogP contribution in [-0.4, -0.2) is 31.4 Å². The van der Waals surface area contributed by atoms with Crippen LogP contribution < -0.4 is 0 Å². The Balaban J connectivity index is 2.54. The molecule has 114 valence electrons. The summed E-state index contributed by atoms with van der Waals surface area (Å²) in [4.78, 5) is 3.68. The predicted molar refractivity (Wildman–Crippen MR) is 78.8 cm³/mol. The van der Waals surface area contributed by atoms with Crippen molar-refractivity contribution in [2.45, 2.75) is 17.4 Å². The summed E-state index contributed by atoms with van der Waals surface area (Å²) in [6.45, 7) is -0.498. The molecule has 1 unspecified atom stereocenters. The molecule has 1 aromatic carbocycles. The van der Waals surface area contributed by atoms with Crippen LogP contribution in [0.15, 0.2) is 30.9 Å². The number of hydrogen-bond acceptors (Lipinski definition) is 4. The Kier molecular flexibility index (Phi) is 4.77. The third-order valence-electron chi connectivity index (χ3n) is 2.97. The zero-order valence-electron chi connectivity index (χ0n) is 10.8. The van der Waals surface area contributed by atoms with Crippen molar-refractivity contribution in [2.24, 2.45) is 0 Å². The van der Waals surface area contributed by atoms with Gasteiger partial charge in [-0.3, -0.25) is 0 Å². The molecular weight excluding hydrogens is 343 g/mol. The van der Waals surface area contributed by atoms with Crippen LogP contribution in [0.1, 0.15) is 5.56 Å². The Morgan fingerprint density at radius 1 is 1.38 bits per heavy atom. The first-order valence-corrected chi connectivity index (χ1v) is 7.71. The Labute approximate surface area is 134 Å². The van der Waals surface area contributed by atoms with Crippen molar-refractivity contribution < 1.29 is 13.9 Å². The maximum absolute atomic E-state index is 14.3. The van der Waals surface area contributed by atoms with Gasteiger partial charge in [-0.25, -0.2) is 9.67 Å². The maximum Gasteiger partial charge on any atom is 0.327 e. The second-order valence-electron chi connectivity index (χ2n) is 4.30. The van der Waals surface area contributed by atoms with Crippen molar-refractivity contribution in [3.05, 3.63) is 46.5 Å². The average molecular weight is 354 g/mol. The molecular formula is C12H11Cl2F2N3OS. The van der Waals surface area contributed by atoms with E-state index in [1.807, 2.05) is 0 Å². The number of rotatable bonds is 5. The third kappa shape index (κ3) is 3.15. The van der Waals surface area contributed by atoms with Crippen molar-refractivity contribution in [3.63, 3.8) is 0 Å². The minimum absolute atomic E-state index is 0.0427. The summed E-state index contributed by atoms with van der Waals surface area (Å²) in [6, 6.07) is 3.98. The second-order valence-corrected chi connectivity index (χ2v) is 6.06. The van der Waals surface area contributed by atoms with Crippen LogP contribution in [0.4, 0.5) is 8.78 Å². The van der Waals surface area contributed by atoms with E-state index in [0.717, 1.165) is 4.68 Å². The van der Waals surface area contributed by atoms with Crippen LogP contribution in [0.3, 0.4) is 0 Å². The Bertz CT molecular complexity index is 627. The van der Waals surface area contributed by atoms with Crippen LogP contribution in [0.2, 0.25) is 10.0 Å². The van der Waals surface area contributed by atoms with E-state index in [1.54, 1.807) is 0 Å². The molecule has 1 aromatic heterocycles. The highest BCUT2D eigenvalue weighted by atomic mass is 35.5. The van der Waals surface area contributed by atoms with Crippen LogP contribution in [0.5, 0.6) is 0 Å². The summed E-state index contributed by atoms with van der Waals surface area (Å²) in [6.07, 6.45) is 3.64. The number of hydrogen-bond donors (Lipinski definition) is 1. The van der Waals surface area contributed by atoms with Crippen molar-refractivity contribution in [1.82, 2.24) is 14.8 Å². The smallest absolute Gasteiger partial charge is 0.327 e. The molecule has 4 nitrogen and oxygen atoms in total. The molecule has 0 bridgehead atoms. The first-order valence-electron chi connectivity index (χ1n) is 5.73. The van der Waals surface area contributed by atoms with E-state index in [9.17, 15) is 13.9 Å². The summed E-state index contributed by atoms with van der Waals surface area (Å²) in [5.41, 5.74) is -2.68. The van der Waals surface area contributed by atoms with Gasteiger partial charge in [-0.05, 0) is 18.4 Å². The van der Waals surface area contributed by atoms with E-state index in [1.165, 1.54) is 37.1 Å². The van der Waals surface area contributed by atoms with E-state index < -0.39 is 17.4 Å². The fraction of sp³-hybridized carbons (Fsp3) is 0.333. The van der Waals surface area contributed by atoms with Gasteiger partial charge in [0, 0.05) is 15.6 Å². The lowest BCUT2D eigenvalue weighted by molar-refractivity contribution is -0.137. The van der Waals surface area contributed by atoms with E-state index in [-0.39, 0.29) is 22.3 Å². The molecule has 1 N–H and O–H groups in total. The number of benzene rings is 1. The van der Waals surface area contributed by atoms with Gasteiger partial charge < -0.3 is 5.11 Å². The summed E-state index contributed by atoms with van der Waals surface area (Å²) >= 11 is 12.0. The molecule has 0 aliphatic carbocycles. The van der Waals surface area contributed by atoms with Crippen molar-refractivity contribution in [1.29, 1.82) is 0 Å². The minimum atomic E-state index is -3.49. The van der Waals surface area contributed by atoms with Crippen molar-refractivity contribution in [2.75, 3.05) is 6.26 Å². The molecule has 0 amide bonds. The van der Waals surface area contributed by atoms with Gasteiger partial charge in [0.15, 0.2) is 5.60 Å². The first-order chi connectivity index (χ1) is 9.80. The van der Waals surface area contributed by atoms with Crippen LogP contribution in [-0.2, 0) is 12.1 Å². The highest BCUT2D eigenvalue weighted by molar-refractivity contribution is 7.99. The first kappa shape index (κ1) is 16.5. The van der Waals surface area contributed by atoms with E-state index >= 15 is 0 Å². The predicted octanol–water partition coefficient (Wildman–Crippen LogP) is 3.43. The van der Waals surface area contributed by atoms with Gasteiger partial charge >= 0.3 is 5.25 Å². The molecule has 1 atom stereocenters. The second kappa shape index (κ2) is 6.08. The van der Waals surface area contributed by atoms with E-state index in [0.29, 0.717) is 5.02 Å². The topological polar surface area (TPSA) is 50.9 Å². The molecule has 0 saturated heterocycles. The molecule has 0 aliphatic heterocycles. The molecule has 2 rings (SSSR count).